The number of ether oxygens (including phenoxy) is 1. The molecule has 0 unspecified atom stereocenters. The number of anilines is 1. The van der Waals surface area contributed by atoms with Crippen molar-refractivity contribution in [2.45, 2.75) is 25.3 Å². The smallest absolute Gasteiger partial charge is 0.497 e. The third-order valence-corrected chi connectivity index (χ3v) is 5.54. The van der Waals surface area contributed by atoms with Crippen LogP contribution in [0.2, 0.25) is 0 Å². The topological polar surface area (TPSA) is 68.3 Å². The van der Waals surface area contributed by atoms with Crippen LogP contribution in [-0.4, -0.2) is 26.0 Å². The van der Waals surface area contributed by atoms with E-state index in [1.165, 1.54) is 11.8 Å². The molecule has 0 bridgehead atoms. The fourth-order valence-corrected chi connectivity index (χ4v) is 3.62. The minimum Gasteiger partial charge on any atom is -0.497 e. The number of rotatable bonds is 5. The van der Waals surface area contributed by atoms with E-state index in [1.807, 2.05) is 13.8 Å². The molecule has 0 amide bonds. The number of benzene rings is 1. The van der Waals surface area contributed by atoms with Crippen molar-refractivity contribution in [3.8, 4) is 17.0 Å². The molecule has 1 N–H and O–H groups in total. The maximum atomic E-state index is 12.5. The van der Waals surface area contributed by atoms with E-state index in [4.69, 9.17) is 4.74 Å². The van der Waals surface area contributed by atoms with Gasteiger partial charge in [0, 0.05) is 10.4 Å². The lowest BCUT2D eigenvalue weighted by atomic mass is 10.1. The maximum Gasteiger partial charge on any atom is 0.516 e. The molecule has 5 nitrogen and oxygen atoms in total. The Bertz CT molecular complexity index is 813. The van der Waals surface area contributed by atoms with Crippen LogP contribution < -0.4 is 9.46 Å². The molecule has 0 saturated heterocycles. The van der Waals surface area contributed by atoms with Gasteiger partial charge in [-0.2, -0.15) is 21.6 Å². The molecule has 0 aliphatic heterocycles. The largest absolute Gasteiger partial charge is 0.516 e. The van der Waals surface area contributed by atoms with Crippen LogP contribution in [-0.2, 0) is 10.0 Å². The highest BCUT2D eigenvalue weighted by Gasteiger charge is 2.46. The van der Waals surface area contributed by atoms with E-state index in [2.05, 4.69) is 4.98 Å². The Hall–Kier alpha value is -1.81. The highest BCUT2D eigenvalue weighted by Crippen LogP contribution is 2.38. The average Bonchev–Trinajstić information content (AvgIpc) is 2.89. The lowest BCUT2D eigenvalue weighted by Crippen LogP contribution is -2.29. The second-order valence-corrected chi connectivity index (χ2v) is 7.87. The first-order chi connectivity index (χ1) is 11.0. The van der Waals surface area contributed by atoms with E-state index in [0.717, 1.165) is 11.3 Å². The van der Waals surface area contributed by atoms with Gasteiger partial charge in [0.1, 0.15) is 5.75 Å². The first-order valence-corrected chi connectivity index (χ1v) is 9.09. The van der Waals surface area contributed by atoms with Crippen molar-refractivity contribution in [1.29, 1.82) is 0 Å². The summed E-state index contributed by atoms with van der Waals surface area (Å²) in [5, 5.41) is -0.318. The van der Waals surface area contributed by atoms with Crippen molar-refractivity contribution in [2.75, 3.05) is 11.8 Å². The van der Waals surface area contributed by atoms with E-state index in [0.29, 0.717) is 21.9 Å². The van der Waals surface area contributed by atoms with Crippen molar-refractivity contribution in [3.63, 3.8) is 0 Å². The van der Waals surface area contributed by atoms with E-state index < -0.39 is 15.5 Å². The summed E-state index contributed by atoms with van der Waals surface area (Å²) < 4.78 is 66.6. The summed E-state index contributed by atoms with van der Waals surface area (Å²) in [5.74, 6) is 0.585. The fourth-order valence-electron chi connectivity index (χ4n) is 1.90. The molecule has 2 rings (SSSR count). The number of aromatic nitrogens is 1. The summed E-state index contributed by atoms with van der Waals surface area (Å²) in [4.78, 5) is 4.72. The Morgan fingerprint density at radius 2 is 1.79 bits per heavy atom. The van der Waals surface area contributed by atoms with Gasteiger partial charge >= 0.3 is 15.5 Å². The third kappa shape index (κ3) is 3.81. The zero-order valence-corrected chi connectivity index (χ0v) is 14.6. The molecule has 1 heterocycles. The summed E-state index contributed by atoms with van der Waals surface area (Å²) in [6, 6.07) is 6.81. The third-order valence-electron chi connectivity index (χ3n) is 3.07. The fraction of sp³-hybridized carbons (Fsp3) is 0.357. The van der Waals surface area contributed by atoms with Gasteiger partial charge < -0.3 is 4.74 Å². The molecule has 2 aromatic rings. The summed E-state index contributed by atoms with van der Waals surface area (Å²) >= 11 is 0.883. The number of hydrogen-bond donors (Lipinski definition) is 1. The van der Waals surface area contributed by atoms with E-state index >= 15 is 0 Å². The van der Waals surface area contributed by atoms with Gasteiger partial charge in [0.2, 0.25) is 0 Å². The second-order valence-electron chi connectivity index (χ2n) is 5.17. The lowest BCUT2D eigenvalue weighted by Gasteiger charge is -2.07. The number of hydrogen-bond acceptors (Lipinski definition) is 5. The number of methoxy groups -OCH3 is 1. The normalized spacial score (nSPS) is 12.5. The molecular formula is C14H15F3N2O3S2. The van der Waals surface area contributed by atoms with E-state index in [9.17, 15) is 21.6 Å². The summed E-state index contributed by atoms with van der Waals surface area (Å²) in [5.41, 5.74) is -4.29. The van der Waals surface area contributed by atoms with Crippen LogP contribution in [0.15, 0.2) is 24.3 Å². The van der Waals surface area contributed by atoms with Gasteiger partial charge in [0.25, 0.3) is 0 Å². The van der Waals surface area contributed by atoms with Crippen LogP contribution in [0.1, 0.15) is 24.6 Å². The molecule has 24 heavy (non-hydrogen) atoms. The molecule has 0 aliphatic rings. The van der Waals surface area contributed by atoms with Crippen LogP contribution in [0.25, 0.3) is 11.3 Å². The maximum absolute atomic E-state index is 12.5. The van der Waals surface area contributed by atoms with Gasteiger partial charge in [-0.15, -0.1) is 11.3 Å². The zero-order chi connectivity index (χ0) is 18.1. The van der Waals surface area contributed by atoms with Gasteiger partial charge in [0.15, 0.2) is 5.13 Å². The van der Waals surface area contributed by atoms with Crippen LogP contribution in [0.3, 0.4) is 0 Å². The quantitative estimate of drug-likeness (QED) is 0.844. The molecule has 1 aromatic carbocycles. The van der Waals surface area contributed by atoms with Crippen LogP contribution in [0.5, 0.6) is 5.75 Å². The summed E-state index contributed by atoms with van der Waals surface area (Å²) in [7, 11) is -3.98. The van der Waals surface area contributed by atoms with E-state index in [-0.39, 0.29) is 11.0 Å². The van der Waals surface area contributed by atoms with Crippen LogP contribution in [0.4, 0.5) is 18.3 Å². The Labute approximate surface area is 141 Å². The molecule has 0 saturated carbocycles. The lowest BCUT2D eigenvalue weighted by molar-refractivity contribution is -0.0429. The highest BCUT2D eigenvalue weighted by molar-refractivity contribution is 7.93. The number of nitrogens with zero attached hydrogens (tertiary/aromatic N) is 1. The van der Waals surface area contributed by atoms with Gasteiger partial charge in [-0.25, -0.2) is 4.98 Å². The minimum atomic E-state index is -5.49. The minimum absolute atomic E-state index is 0.0382. The van der Waals surface area contributed by atoms with Crippen molar-refractivity contribution in [2.24, 2.45) is 0 Å². The number of thiazole rings is 1. The molecule has 10 heteroatoms. The van der Waals surface area contributed by atoms with Crippen molar-refractivity contribution >= 4 is 26.5 Å². The first kappa shape index (κ1) is 18.5. The molecule has 0 spiro atoms. The molecule has 0 aliphatic carbocycles. The molecule has 0 fully saturated rings. The number of alkyl halides is 3. The number of nitrogens with one attached hydrogen (secondary N) is 1. The highest BCUT2D eigenvalue weighted by atomic mass is 32.2. The van der Waals surface area contributed by atoms with Crippen molar-refractivity contribution in [3.05, 3.63) is 29.1 Å². The average molecular weight is 380 g/mol. The molecule has 0 radical (unpaired) electrons. The van der Waals surface area contributed by atoms with Gasteiger partial charge in [0.05, 0.1) is 12.8 Å². The first-order valence-electron chi connectivity index (χ1n) is 6.79. The molecule has 132 valence electrons. The SMILES string of the molecule is COc1ccc(-c2nc(NS(=O)(=O)C(F)(F)F)sc2C(C)C)cc1. The monoisotopic (exact) mass is 380 g/mol. The Morgan fingerprint density at radius 1 is 1.21 bits per heavy atom. The Morgan fingerprint density at radius 3 is 2.25 bits per heavy atom. The van der Waals surface area contributed by atoms with Crippen LogP contribution >= 0.6 is 11.3 Å². The Kier molecular flexibility index (Phi) is 5.09. The Balaban J connectivity index is 2.44. The zero-order valence-electron chi connectivity index (χ0n) is 13.0. The standard InChI is InChI=1S/C14H15F3N2O3S2/c1-8(2)12-11(9-4-6-10(22-3)7-5-9)18-13(23-12)19-24(20,21)14(15,16)17/h4-8H,1-3H3,(H,18,19). The molecular weight excluding hydrogens is 365 g/mol. The summed E-state index contributed by atoms with van der Waals surface area (Å²) in [6.07, 6.45) is 0. The van der Waals surface area contributed by atoms with Crippen molar-refractivity contribution in [1.82, 2.24) is 4.98 Å². The van der Waals surface area contributed by atoms with E-state index in [1.54, 1.807) is 24.3 Å². The molecule has 0 atom stereocenters. The predicted octanol–water partition coefficient (Wildman–Crippen LogP) is 4.20. The number of halogens is 3. The van der Waals surface area contributed by atoms with Gasteiger partial charge in [-0.3, -0.25) is 4.72 Å². The molecule has 1 aromatic heterocycles. The van der Waals surface area contributed by atoms with Crippen LogP contribution in [0, 0.1) is 0 Å². The number of sulfonamides is 1. The predicted molar refractivity (Wildman–Crippen MR) is 86.8 cm³/mol. The van der Waals surface area contributed by atoms with Gasteiger partial charge in [-0.1, -0.05) is 13.8 Å². The summed E-state index contributed by atoms with van der Waals surface area (Å²) in [6.45, 7) is 3.70. The van der Waals surface area contributed by atoms with Crippen molar-refractivity contribution < 1.29 is 26.3 Å². The second kappa shape index (κ2) is 6.60. The van der Waals surface area contributed by atoms with Gasteiger partial charge in [-0.05, 0) is 30.2 Å².